The molecule has 0 aromatic rings. The number of likely N-dealkylation sites (tertiary alicyclic amines) is 1. The van der Waals surface area contributed by atoms with Crippen LogP contribution in [0.1, 0.15) is 38.5 Å². The maximum Gasteiger partial charge on any atom is 0.350 e. The van der Waals surface area contributed by atoms with Crippen LogP contribution in [0.3, 0.4) is 0 Å². The SMILES string of the molecule is COC(=O)C1=CC2=NC(=O)N(CCCCCC(=O)N3CCC(C(N)=O)CC3)C(=O)C2C=C1. The Kier molecular flexibility index (Phi) is 7.55. The van der Waals surface area contributed by atoms with Gasteiger partial charge in [0, 0.05) is 32.0 Å². The van der Waals surface area contributed by atoms with E-state index in [1.54, 1.807) is 11.0 Å². The first-order valence-corrected chi connectivity index (χ1v) is 10.8. The first-order valence-electron chi connectivity index (χ1n) is 10.8. The molecule has 2 aliphatic heterocycles. The van der Waals surface area contributed by atoms with Crippen molar-refractivity contribution in [1.82, 2.24) is 9.80 Å². The summed E-state index contributed by atoms with van der Waals surface area (Å²) in [6, 6.07) is -0.648. The fraction of sp³-hybridized carbons (Fsp3) is 0.545. The molecule has 0 bridgehead atoms. The lowest BCUT2D eigenvalue weighted by Gasteiger charge is -2.30. The number of imide groups is 1. The molecule has 10 nitrogen and oxygen atoms in total. The molecule has 1 aliphatic carbocycles. The summed E-state index contributed by atoms with van der Waals surface area (Å²) in [6.45, 7) is 1.32. The summed E-state index contributed by atoms with van der Waals surface area (Å²) < 4.78 is 4.65. The van der Waals surface area contributed by atoms with Crippen LogP contribution in [0, 0.1) is 11.8 Å². The van der Waals surface area contributed by atoms with Crippen molar-refractivity contribution in [1.29, 1.82) is 0 Å². The largest absolute Gasteiger partial charge is 0.465 e. The van der Waals surface area contributed by atoms with Crippen molar-refractivity contribution in [2.75, 3.05) is 26.7 Å². The molecule has 172 valence electrons. The van der Waals surface area contributed by atoms with Gasteiger partial charge in [0.2, 0.25) is 17.7 Å². The van der Waals surface area contributed by atoms with Gasteiger partial charge in [-0.25, -0.2) is 9.59 Å². The monoisotopic (exact) mass is 444 g/mol. The molecule has 0 aromatic carbocycles. The van der Waals surface area contributed by atoms with E-state index in [2.05, 4.69) is 9.73 Å². The van der Waals surface area contributed by atoms with Crippen LogP contribution in [-0.4, -0.2) is 72.0 Å². The molecule has 10 heteroatoms. The summed E-state index contributed by atoms with van der Waals surface area (Å²) in [5, 5.41) is 0. The molecule has 2 N–H and O–H groups in total. The van der Waals surface area contributed by atoms with Crippen molar-refractivity contribution < 1.29 is 28.7 Å². The Morgan fingerprint density at radius 3 is 2.53 bits per heavy atom. The molecule has 1 saturated heterocycles. The van der Waals surface area contributed by atoms with Gasteiger partial charge in [-0.3, -0.25) is 19.3 Å². The Hall–Kier alpha value is -3.30. The van der Waals surface area contributed by atoms with Crippen LogP contribution < -0.4 is 5.73 Å². The molecule has 0 saturated carbocycles. The van der Waals surface area contributed by atoms with Crippen LogP contribution in [0.4, 0.5) is 4.79 Å². The Bertz CT molecular complexity index is 898. The summed E-state index contributed by atoms with van der Waals surface area (Å²) >= 11 is 0. The molecule has 32 heavy (non-hydrogen) atoms. The number of fused-ring (bicyclic) bond motifs is 1. The van der Waals surface area contributed by atoms with Gasteiger partial charge in [-0.2, -0.15) is 4.99 Å². The highest BCUT2D eigenvalue weighted by molar-refractivity contribution is 6.23. The van der Waals surface area contributed by atoms with E-state index in [0.717, 1.165) is 4.90 Å². The fourth-order valence-corrected chi connectivity index (χ4v) is 4.08. The van der Waals surface area contributed by atoms with Gasteiger partial charge in [-0.1, -0.05) is 18.6 Å². The standard InChI is InChI=1S/C22H28N4O6/c1-32-21(30)15-6-7-16-17(13-15)24-22(31)26(20(16)29)10-4-2-3-5-18(27)25-11-8-14(9-12-25)19(23)28/h6-7,13-14,16H,2-5,8-12H2,1H3,(H2,23,28). The van der Waals surface area contributed by atoms with Crippen molar-refractivity contribution in [3.05, 3.63) is 23.8 Å². The van der Waals surface area contributed by atoms with Crippen LogP contribution in [-0.2, 0) is 23.9 Å². The van der Waals surface area contributed by atoms with E-state index in [-0.39, 0.29) is 41.5 Å². The number of hydrogen-bond acceptors (Lipinski definition) is 6. The number of allylic oxidation sites excluding steroid dienone is 1. The van der Waals surface area contributed by atoms with Gasteiger partial charge >= 0.3 is 12.0 Å². The molecular weight excluding hydrogens is 416 g/mol. The highest BCUT2D eigenvalue weighted by atomic mass is 16.5. The zero-order valence-electron chi connectivity index (χ0n) is 18.1. The third-order valence-electron chi connectivity index (χ3n) is 6.02. The number of unbranched alkanes of at least 4 members (excludes halogenated alkanes) is 2. The number of rotatable bonds is 8. The van der Waals surface area contributed by atoms with Gasteiger partial charge in [0.25, 0.3) is 0 Å². The van der Waals surface area contributed by atoms with Crippen LogP contribution in [0.15, 0.2) is 28.8 Å². The number of carbonyl (C=O) groups is 5. The van der Waals surface area contributed by atoms with Crippen molar-refractivity contribution in [3.63, 3.8) is 0 Å². The highest BCUT2D eigenvalue weighted by Crippen LogP contribution is 2.23. The minimum absolute atomic E-state index is 0.0489. The number of hydrogen-bond donors (Lipinski definition) is 1. The molecule has 5 amide bonds. The lowest BCUT2D eigenvalue weighted by atomic mass is 9.92. The summed E-state index contributed by atoms with van der Waals surface area (Å²) in [6.07, 6.45) is 7.95. The average molecular weight is 444 g/mol. The van der Waals surface area contributed by atoms with E-state index in [9.17, 15) is 24.0 Å². The third-order valence-corrected chi connectivity index (χ3v) is 6.02. The number of esters is 1. The first-order chi connectivity index (χ1) is 15.3. The molecule has 0 aromatic heterocycles. The summed E-state index contributed by atoms with van der Waals surface area (Å²) in [4.78, 5) is 67.0. The van der Waals surface area contributed by atoms with E-state index in [0.29, 0.717) is 51.6 Å². The third kappa shape index (κ3) is 5.30. The fourth-order valence-electron chi connectivity index (χ4n) is 4.08. The van der Waals surface area contributed by atoms with Crippen molar-refractivity contribution in [2.24, 2.45) is 22.6 Å². The van der Waals surface area contributed by atoms with Crippen molar-refractivity contribution in [2.45, 2.75) is 38.5 Å². The van der Waals surface area contributed by atoms with Crippen molar-refractivity contribution in [3.8, 4) is 0 Å². The molecular formula is C22H28N4O6. The minimum Gasteiger partial charge on any atom is -0.465 e. The number of amides is 5. The molecule has 1 atom stereocenters. The second-order valence-corrected chi connectivity index (χ2v) is 8.11. The predicted molar refractivity (Wildman–Crippen MR) is 114 cm³/mol. The van der Waals surface area contributed by atoms with Gasteiger partial charge in [-0.15, -0.1) is 0 Å². The average Bonchev–Trinajstić information content (AvgIpc) is 2.79. The van der Waals surface area contributed by atoms with Gasteiger partial charge in [-0.05, 0) is 31.8 Å². The van der Waals surface area contributed by atoms with E-state index >= 15 is 0 Å². The zero-order valence-corrected chi connectivity index (χ0v) is 18.1. The molecule has 3 aliphatic rings. The Balaban J connectivity index is 1.42. The van der Waals surface area contributed by atoms with E-state index in [1.165, 1.54) is 19.3 Å². The van der Waals surface area contributed by atoms with E-state index in [1.807, 2.05) is 0 Å². The number of ether oxygens (including phenoxy) is 1. The summed E-state index contributed by atoms with van der Waals surface area (Å²) in [5.41, 5.74) is 5.79. The van der Waals surface area contributed by atoms with Crippen LogP contribution in [0.5, 0.6) is 0 Å². The molecule has 1 unspecified atom stereocenters. The molecule has 2 heterocycles. The van der Waals surface area contributed by atoms with E-state index in [4.69, 9.17) is 5.73 Å². The summed E-state index contributed by atoms with van der Waals surface area (Å²) in [5.74, 6) is -2.03. The molecule has 3 rings (SSSR count). The Morgan fingerprint density at radius 1 is 1.16 bits per heavy atom. The number of nitrogens with two attached hydrogens (primary N) is 1. The van der Waals surface area contributed by atoms with E-state index < -0.39 is 17.9 Å². The number of methoxy groups -OCH3 is 1. The van der Waals surface area contributed by atoms with Gasteiger partial charge in [0.15, 0.2) is 0 Å². The minimum atomic E-state index is -0.689. The second kappa shape index (κ2) is 10.3. The number of primary amides is 1. The molecule has 0 radical (unpaired) electrons. The number of nitrogens with zero attached hydrogens (tertiary/aromatic N) is 3. The lowest BCUT2D eigenvalue weighted by Crippen LogP contribution is -2.46. The normalized spacial score (nSPS) is 21.1. The van der Waals surface area contributed by atoms with Crippen molar-refractivity contribution >= 4 is 35.4 Å². The number of aliphatic imine (C=N–C) groups is 1. The Morgan fingerprint density at radius 2 is 1.88 bits per heavy atom. The first kappa shape index (κ1) is 23.4. The number of carbonyl (C=O) groups excluding carboxylic acids is 5. The predicted octanol–water partition coefficient (Wildman–Crippen LogP) is 0.959. The van der Waals surface area contributed by atoms with Crippen LogP contribution in [0.2, 0.25) is 0 Å². The maximum atomic E-state index is 12.7. The summed E-state index contributed by atoms with van der Waals surface area (Å²) in [7, 11) is 1.25. The zero-order chi connectivity index (χ0) is 23.3. The van der Waals surface area contributed by atoms with Crippen LogP contribution >= 0.6 is 0 Å². The second-order valence-electron chi connectivity index (χ2n) is 8.11. The lowest BCUT2D eigenvalue weighted by molar-refractivity contribution is -0.136. The van der Waals surface area contributed by atoms with Crippen LogP contribution in [0.25, 0.3) is 0 Å². The highest BCUT2D eigenvalue weighted by Gasteiger charge is 2.36. The smallest absolute Gasteiger partial charge is 0.350 e. The van der Waals surface area contributed by atoms with Gasteiger partial charge in [0.05, 0.1) is 24.3 Å². The topological polar surface area (TPSA) is 139 Å². The molecule has 0 spiro atoms. The quantitative estimate of drug-likeness (QED) is 0.437. The van der Waals surface area contributed by atoms with Gasteiger partial charge < -0.3 is 15.4 Å². The maximum absolute atomic E-state index is 12.7. The van der Waals surface area contributed by atoms with Gasteiger partial charge in [0.1, 0.15) is 0 Å². The number of piperidine rings is 1. The molecule has 1 fully saturated rings. The Labute approximate surface area is 186 Å². The number of urea groups is 1.